The molecule has 5 nitrogen and oxygen atoms in total. The Bertz CT molecular complexity index is 269. The van der Waals surface area contributed by atoms with Gasteiger partial charge in [-0.3, -0.25) is 4.79 Å². The first-order chi connectivity index (χ1) is 7.61. The van der Waals surface area contributed by atoms with Crippen LogP contribution in [-0.2, 0) is 4.79 Å². The van der Waals surface area contributed by atoms with E-state index in [0.717, 1.165) is 0 Å². The highest BCUT2D eigenvalue weighted by molar-refractivity contribution is 5.76. The molecule has 0 saturated heterocycles. The van der Waals surface area contributed by atoms with Gasteiger partial charge in [0.1, 0.15) is 0 Å². The number of carbonyl (C=O) groups is 1. The Morgan fingerprint density at radius 3 is 2.19 bits per heavy atom. The van der Waals surface area contributed by atoms with Crippen LogP contribution in [-0.4, -0.2) is 29.9 Å². The first kappa shape index (κ1) is 14.4. The highest BCUT2D eigenvalue weighted by Gasteiger charge is 2.12. The summed E-state index contributed by atoms with van der Waals surface area (Å²) in [6, 6.07) is 3.98. The quantitative estimate of drug-likeness (QED) is 0.688. The van der Waals surface area contributed by atoms with E-state index in [1.54, 1.807) is 4.90 Å². The van der Waals surface area contributed by atoms with Crippen LogP contribution in [0.2, 0.25) is 0 Å². The van der Waals surface area contributed by atoms with E-state index in [1.165, 1.54) is 0 Å². The number of hydrogen-bond acceptors (Lipinski definition) is 4. The molecule has 1 atom stereocenters. The summed E-state index contributed by atoms with van der Waals surface area (Å²) in [6.07, 6.45) is 1.62. The summed E-state index contributed by atoms with van der Waals surface area (Å²) in [5, 5.41) is 16.9. The Labute approximate surface area is 96.4 Å². The van der Waals surface area contributed by atoms with Gasteiger partial charge in [-0.05, 0) is 13.3 Å². The van der Waals surface area contributed by atoms with Crippen molar-refractivity contribution in [1.29, 1.82) is 10.5 Å². The number of nitrogens with zero attached hydrogens (tertiary/aromatic N) is 3. The summed E-state index contributed by atoms with van der Waals surface area (Å²) >= 11 is 0. The average Bonchev–Trinajstić information content (AvgIpc) is 2.26. The van der Waals surface area contributed by atoms with E-state index in [4.69, 9.17) is 16.3 Å². The molecule has 0 aliphatic rings. The van der Waals surface area contributed by atoms with Gasteiger partial charge in [-0.1, -0.05) is 0 Å². The highest BCUT2D eigenvalue weighted by atomic mass is 16.2. The molecule has 0 aliphatic heterocycles. The van der Waals surface area contributed by atoms with Gasteiger partial charge in [-0.15, -0.1) is 0 Å². The Morgan fingerprint density at radius 1 is 1.31 bits per heavy atom. The molecule has 0 heterocycles. The normalized spacial score (nSPS) is 11.2. The van der Waals surface area contributed by atoms with Gasteiger partial charge in [0.2, 0.25) is 5.91 Å². The molecule has 1 amide bonds. The lowest BCUT2D eigenvalue weighted by molar-refractivity contribution is -0.131. The molecule has 0 radical (unpaired) electrons. The minimum absolute atomic E-state index is 0.00210. The molecule has 1 unspecified atom stereocenters. The fraction of sp³-hybridized carbons (Fsp3) is 0.727. The fourth-order valence-corrected chi connectivity index (χ4v) is 1.24. The van der Waals surface area contributed by atoms with Gasteiger partial charge in [0.25, 0.3) is 0 Å². The van der Waals surface area contributed by atoms with Crippen LogP contribution in [0.4, 0.5) is 0 Å². The smallest absolute Gasteiger partial charge is 0.222 e. The van der Waals surface area contributed by atoms with Crippen molar-refractivity contribution in [3.8, 4) is 12.1 Å². The third-order valence-electron chi connectivity index (χ3n) is 2.15. The lowest BCUT2D eigenvalue weighted by Crippen LogP contribution is -2.33. The Kier molecular flexibility index (Phi) is 7.83. The van der Waals surface area contributed by atoms with E-state index in [0.29, 0.717) is 38.8 Å². The lowest BCUT2D eigenvalue weighted by Gasteiger charge is -2.20. The largest absolute Gasteiger partial charge is 0.341 e. The summed E-state index contributed by atoms with van der Waals surface area (Å²) < 4.78 is 0. The van der Waals surface area contributed by atoms with Gasteiger partial charge in [0, 0.05) is 25.6 Å². The van der Waals surface area contributed by atoms with E-state index >= 15 is 0 Å². The van der Waals surface area contributed by atoms with Gasteiger partial charge in [0.05, 0.1) is 25.0 Å². The van der Waals surface area contributed by atoms with Gasteiger partial charge in [0.15, 0.2) is 0 Å². The Hall–Kier alpha value is -1.59. The van der Waals surface area contributed by atoms with Crippen molar-refractivity contribution in [2.24, 2.45) is 5.73 Å². The van der Waals surface area contributed by atoms with Crippen molar-refractivity contribution in [3.05, 3.63) is 0 Å². The molecule has 0 aromatic rings. The molecular weight excluding hydrogens is 204 g/mol. The molecule has 0 rings (SSSR count). The standard InChI is InChI=1S/C11H18N4O/c1-10(14)4-5-11(16)15(8-2-6-12)9-3-7-13/h10H,2-5,8-9,14H2,1H3. The molecule has 0 saturated carbocycles. The monoisotopic (exact) mass is 222 g/mol. The highest BCUT2D eigenvalue weighted by Crippen LogP contribution is 2.02. The number of hydrogen-bond donors (Lipinski definition) is 1. The summed E-state index contributed by atoms with van der Waals surface area (Å²) in [7, 11) is 0. The third kappa shape index (κ3) is 6.80. The SMILES string of the molecule is CC(N)CCC(=O)N(CCC#N)CCC#N. The van der Waals surface area contributed by atoms with Crippen molar-refractivity contribution in [2.45, 2.75) is 38.6 Å². The number of amides is 1. The minimum atomic E-state index is -0.0252. The predicted molar refractivity (Wildman–Crippen MR) is 59.9 cm³/mol. The topological polar surface area (TPSA) is 93.9 Å². The fourth-order valence-electron chi connectivity index (χ4n) is 1.24. The zero-order valence-corrected chi connectivity index (χ0v) is 9.65. The number of rotatable bonds is 7. The zero-order chi connectivity index (χ0) is 12.4. The van der Waals surface area contributed by atoms with Gasteiger partial charge in [-0.2, -0.15) is 10.5 Å². The summed E-state index contributed by atoms with van der Waals surface area (Å²) in [6.45, 7) is 2.65. The van der Waals surface area contributed by atoms with E-state index in [1.807, 2.05) is 19.1 Å². The van der Waals surface area contributed by atoms with Crippen LogP contribution < -0.4 is 5.73 Å². The molecule has 5 heteroatoms. The maximum Gasteiger partial charge on any atom is 0.222 e. The Balaban J connectivity index is 4.11. The van der Waals surface area contributed by atoms with E-state index in [2.05, 4.69) is 0 Å². The Morgan fingerprint density at radius 2 is 1.81 bits per heavy atom. The van der Waals surface area contributed by atoms with Crippen LogP contribution >= 0.6 is 0 Å². The molecule has 0 aromatic heterocycles. The van der Waals surface area contributed by atoms with Crippen molar-refractivity contribution in [2.75, 3.05) is 13.1 Å². The first-order valence-electron chi connectivity index (χ1n) is 5.39. The minimum Gasteiger partial charge on any atom is -0.341 e. The van der Waals surface area contributed by atoms with Crippen LogP contribution in [0.1, 0.15) is 32.6 Å². The van der Waals surface area contributed by atoms with Crippen LogP contribution in [0.5, 0.6) is 0 Å². The van der Waals surface area contributed by atoms with Crippen LogP contribution in [0.3, 0.4) is 0 Å². The van der Waals surface area contributed by atoms with Crippen LogP contribution in [0, 0.1) is 22.7 Å². The molecule has 0 aliphatic carbocycles. The zero-order valence-electron chi connectivity index (χ0n) is 9.65. The molecule has 16 heavy (non-hydrogen) atoms. The van der Waals surface area contributed by atoms with Crippen molar-refractivity contribution >= 4 is 5.91 Å². The van der Waals surface area contributed by atoms with E-state index in [-0.39, 0.29) is 11.9 Å². The maximum absolute atomic E-state index is 11.7. The van der Waals surface area contributed by atoms with Crippen molar-refractivity contribution < 1.29 is 4.79 Å². The third-order valence-corrected chi connectivity index (χ3v) is 2.15. The van der Waals surface area contributed by atoms with Crippen LogP contribution in [0.15, 0.2) is 0 Å². The average molecular weight is 222 g/mol. The molecule has 0 aromatic carbocycles. The van der Waals surface area contributed by atoms with Gasteiger partial charge < -0.3 is 10.6 Å². The molecule has 0 spiro atoms. The lowest BCUT2D eigenvalue weighted by atomic mass is 10.2. The number of nitrogens with two attached hydrogens (primary N) is 1. The first-order valence-corrected chi connectivity index (χ1v) is 5.39. The maximum atomic E-state index is 11.7. The second-order valence-corrected chi connectivity index (χ2v) is 3.71. The predicted octanol–water partition coefficient (Wildman–Crippen LogP) is 0.770. The second-order valence-electron chi connectivity index (χ2n) is 3.71. The van der Waals surface area contributed by atoms with E-state index < -0.39 is 0 Å². The summed E-state index contributed by atoms with van der Waals surface area (Å²) in [4.78, 5) is 13.3. The number of nitriles is 2. The number of carbonyl (C=O) groups excluding carboxylic acids is 1. The molecule has 0 bridgehead atoms. The van der Waals surface area contributed by atoms with Crippen molar-refractivity contribution in [1.82, 2.24) is 4.90 Å². The van der Waals surface area contributed by atoms with Gasteiger partial charge >= 0.3 is 0 Å². The second kappa shape index (κ2) is 8.70. The van der Waals surface area contributed by atoms with Crippen LogP contribution in [0.25, 0.3) is 0 Å². The molecule has 2 N–H and O–H groups in total. The van der Waals surface area contributed by atoms with Gasteiger partial charge in [-0.25, -0.2) is 0 Å². The summed E-state index contributed by atoms with van der Waals surface area (Å²) in [5.74, 6) is -0.0252. The van der Waals surface area contributed by atoms with E-state index in [9.17, 15) is 4.79 Å². The molecule has 88 valence electrons. The summed E-state index contributed by atoms with van der Waals surface area (Å²) in [5.41, 5.74) is 5.57. The van der Waals surface area contributed by atoms with Crippen molar-refractivity contribution in [3.63, 3.8) is 0 Å². The molecule has 0 fully saturated rings. The molecular formula is C11H18N4O.